The number of hydrogen-bond acceptors (Lipinski definition) is 4. The third kappa shape index (κ3) is 2.30. The molecule has 18 heavy (non-hydrogen) atoms. The van der Waals surface area contributed by atoms with Crippen molar-refractivity contribution in [1.29, 1.82) is 0 Å². The van der Waals surface area contributed by atoms with Gasteiger partial charge in [0.15, 0.2) is 11.6 Å². The minimum Gasteiger partial charge on any atom is -0.351 e. The number of halogens is 2. The summed E-state index contributed by atoms with van der Waals surface area (Å²) in [5, 5.41) is 3.68. The van der Waals surface area contributed by atoms with E-state index in [0.29, 0.717) is 16.9 Å². The predicted octanol–water partition coefficient (Wildman–Crippen LogP) is 0.968. The fraction of sp³-hybridized carbons (Fsp3) is 0.583. The van der Waals surface area contributed by atoms with Gasteiger partial charge in [-0.05, 0) is 6.07 Å². The fourth-order valence-corrected chi connectivity index (χ4v) is 2.69. The Morgan fingerprint density at radius 1 is 1.33 bits per heavy atom. The lowest BCUT2D eigenvalue weighted by atomic mass is 10.1. The van der Waals surface area contributed by atoms with Gasteiger partial charge in [0.25, 0.3) is 0 Å². The molecule has 0 unspecified atom stereocenters. The van der Waals surface area contributed by atoms with Gasteiger partial charge in [-0.2, -0.15) is 0 Å². The molecule has 0 bridgehead atoms. The predicted molar refractivity (Wildman–Crippen MR) is 69.6 cm³/mol. The van der Waals surface area contributed by atoms with E-state index in [1.165, 1.54) is 12.3 Å². The molecule has 6 heteroatoms. The van der Waals surface area contributed by atoms with Crippen LogP contribution >= 0.6 is 11.6 Å². The quantitative estimate of drug-likeness (QED) is 0.868. The Morgan fingerprint density at radius 3 is 2.72 bits per heavy atom. The van der Waals surface area contributed by atoms with E-state index in [9.17, 15) is 4.39 Å². The van der Waals surface area contributed by atoms with Crippen LogP contribution in [0.1, 0.15) is 0 Å². The number of hydrogen-bond donors (Lipinski definition) is 1. The van der Waals surface area contributed by atoms with Crippen molar-refractivity contribution in [3.63, 3.8) is 0 Å². The maximum absolute atomic E-state index is 13.7. The molecule has 0 atom stereocenters. The number of nitrogens with zero attached hydrogens (tertiary/aromatic N) is 3. The first-order chi connectivity index (χ1) is 8.74. The van der Waals surface area contributed by atoms with E-state index in [2.05, 4.69) is 15.2 Å². The van der Waals surface area contributed by atoms with Crippen LogP contribution in [-0.2, 0) is 0 Å². The smallest absolute Gasteiger partial charge is 0.167 e. The Hall–Kier alpha value is -0.910. The second-order valence-corrected chi connectivity index (χ2v) is 5.24. The molecular weight excluding hydrogens is 255 g/mol. The molecule has 2 saturated heterocycles. The van der Waals surface area contributed by atoms with Gasteiger partial charge in [0.2, 0.25) is 0 Å². The molecule has 0 radical (unpaired) electrons. The van der Waals surface area contributed by atoms with Gasteiger partial charge >= 0.3 is 0 Å². The zero-order valence-corrected chi connectivity index (χ0v) is 10.8. The summed E-state index contributed by atoms with van der Waals surface area (Å²) < 4.78 is 13.7. The summed E-state index contributed by atoms with van der Waals surface area (Å²) in [4.78, 5) is 8.50. The summed E-state index contributed by atoms with van der Waals surface area (Å²) in [5.74, 6) is 0.0899. The maximum Gasteiger partial charge on any atom is 0.167 e. The summed E-state index contributed by atoms with van der Waals surface area (Å²) in [6.45, 7) is 5.95. The minimum atomic E-state index is -0.332. The molecular formula is C12H16ClFN4. The van der Waals surface area contributed by atoms with Crippen molar-refractivity contribution in [3.05, 3.63) is 23.1 Å². The molecule has 2 fully saturated rings. The van der Waals surface area contributed by atoms with E-state index in [1.807, 2.05) is 4.90 Å². The van der Waals surface area contributed by atoms with Crippen LogP contribution in [0.15, 0.2) is 12.3 Å². The van der Waals surface area contributed by atoms with Crippen molar-refractivity contribution < 1.29 is 4.39 Å². The third-order valence-electron chi connectivity index (χ3n) is 3.62. The van der Waals surface area contributed by atoms with Crippen molar-refractivity contribution in [2.75, 3.05) is 44.2 Å². The molecule has 98 valence electrons. The normalized spacial score (nSPS) is 22.0. The van der Waals surface area contributed by atoms with Crippen molar-refractivity contribution >= 4 is 17.4 Å². The van der Waals surface area contributed by atoms with Gasteiger partial charge < -0.3 is 10.2 Å². The lowest BCUT2D eigenvalue weighted by molar-refractivity contribution is 0.146. The van der Waals surface area contributed by atoms with Gasteiger partial charge in [0.05, 0.1) is 5.02 Å². The SMILES string of the molecule is Fc1cc(Cl)cnc1N1CC(N2CCNCC2)C1. The first-order valence-electron chi connectivity index (χ1n) is 6.25. The number of rotatable bonds is 2. The number of aromatic nitrogens is 1. The molecule has 0 amide bonds. The van der Waals surface area contributed by atoms with Gasteiger partial charge in [-0.15, -0.1) is 0 Å². The highest BCUT2D eigenvalue weighted by molar-refractivity contribution is 6.30. The zero-order valence-electron chi connectivity index (χ0n) is 10.1. The minimum absolute atomic E-state index is 0.332. The molecule has 2 aliphatic heterocycles. The van der Waals surface area contributed by atoms with Gasteiger partial charge in [-0.25, -0.2) is 9.37 Å². The number of pyridine rings is 1. The topological polar surface area (TPSA) is 31.4 Å². The fourth-order valence-electron chi connectivity index (χ4n) is 2.55. The summed E-state index contributed by atoms with van der Waals surface area (Å²) in [6.07, 6.45) is 1.50. The van der Waals surface area contributed by atoms with Crippen LogP contribution in [0.25, 0.3) is 0 Å². The van der Waals surface area contributed by atoms with Crippen LogP contribution in [0, 0.1) is 5.82 Å². The Kier molecular flexibility index (Phi) is 3.37. The van der Waals surface area contributed by atoms with Crippen molar-refractivity contribution in [3.8, 4) is 0 Å². The van der Waals surface area contributed by atoms with Crippen LogP contribution in [0.2, 0.25) is 5.02 Å². The highest BCUT2D eigenvalue weighted by Gasteiger charge is 2.34. The van der Waals surface area contributed by atoms with E-state index in [0.717, 1.165) is 39.3 Å². The van der Waals surface area contributed by atoms with Crippen LogP contribution in [-0.4, -0.2) is 55.2 Å². The molecule has 3 rings (SSSR count). The largest absolute Gasteiger partial charge is 0.351 e. The zero-order chi connectivity index (χ0) is 12.5. The maximum atomic E-state index is 13.7. The highest BCUT2D eigenvalue weighted by Crippen LogP contribution is 2.26. The van der Waals surface area contributed by atoms with Crippen molar-refractivity contribution in [2.45, 2.75) is 6.04 Å². The van der Waals surface area contributed by atoms with E-state index < -0.39 is 0 Å². The van der Waals surface area contributed by atoms with Crippen LogP contribution < -0.4 is 10.2 Å². The average molecular weight is 271 g/mol. The Balaban J connectivity index is 1.61. The lowest BCUT2D eigenvalue weighted by Crippen LogP contribution is -2.63. The number of anilines is 1. The van der Waals surface area contributed by atoms with Gasteiger partial charge in [0, 0.05) is 51.5 Å². The summed E-state index contributed by atoms with van der Waals surface area (Å²) >= 11 is 5.70. The highest BCUT2D eigenvalue weighted by atomic mass is 35.5. The average Bonchev–Trinajstić information content (AvgIpc) is 2.31. The summed E-state index contributed by atoms with van der Waals surface area (Å²) in [5.41, 5.74) is 0. The number of piperazine rings is 1. The van der Waals surface area contributed by atoms with E-state index in [1.54, 1.807) is 0 Å². The van der Waals surface area contributed by atoms with Gasteiger partial charge in [-0.3, -0.25) is 4.90 Å². The molecule has 0 saturated carbocycles. The molecule has 1 aromatic rings. The summed E-state index contributed by atoms with van der Waals surface area (Å²) in [6, 6.07) is 1.85. The Bertz CT molecular complexity index is 430. The molecule has 0 aliphatic carbocycles. The van der Waals surface area contributed by atoms with Crippen LogP contribution in [0.3, 0.4) is 0 Å². The number of nitrogens with one attached hydrogen (secondary N) is 1. The standard InChI is InChI=1S/C12H16ClFN4/c13-9-5-11(14)12(16-6-9)18-7-10(8-18)17-3-1-15-2-4-17/h5-6,10,15H,1-4,7-8H2. The lowest BCUT2D eigenvalue weighted by Gasteiger charge is -2.47. The first-order valence-corrected chi connectivity index (χ1v) is 6.62. The third-order valence-corrected chi connectivity index (χ3v) is 3.82. The van der Waals surface area contributed by atoms with Crippen molar-refractivity contribution in [1.82, 2.24) is 15.2 Å². The Morgan fingerprint density at radius 2 is 2.06 bits per heavy atom. The molecule has 1 N–H and O–H groups in total. The molecule has 0 spiro atoms. The Labute approximate surface area is 111 Å². The molecule has 3 heterocycles. The monoisotopic (exact) mass is 270 g/mol. The van der Waals surface area contributed by atoms with Gasteiger partial charge in [-0.1, -0.05) is 11.6 Å². The second-order valence-electron chi connectivity index (χ2n) is 4.80. The van der Waals surface area contributed by atoms with E-state index >= 15 is 0 Å². The van der Waals surface area contributed by atoms with E-state index in [-0.39, 0.29) is 5.82 Å². The molecule has 0 aromatic carbocycles. The van der Waals surface area contributed by atoms with E-state index in [4.69, 9.17) is 11.6 Å². The van der Waals surface area contributed by atoms with Crippen LogP contribution in [0.4, 0.5) is 10.2 Å². The van der Waals surface area contributed by atoms with Crippen molar-refractivity contribution in [2.24, 2.45) is 0 Å². The summed E-state index contributed by atoms with van der Waals surface area (Å²) in [7, 11) is 0. The molecule has 1 aromatic heterocycles. The first kappa shape index (κ1) is 12.1. The molecule has 4 nitrogen and oxygen atoms in total. The van der Waals surface area contributed by atoms with Gasteiger partial charge in [0.1, 0.15) is 0 Å². The second kappa shape index (κ2) is 4.99. The van der Waals surface area contributed by atoms with Crippen LogP contribution in [0.5, 0.6) is 0 Å². The molecule has 2 aliphatic rings.